The molecule has 1 unspecified atom stereocenters. The minimum atomic E-state index is -0.256. The van der Waals surface area contributed by atoms with Crippen LogP contribution >= 0.6 is 0 Å². The molecule has 4 heteroatoms. The van der Waals surface area contributed by atoms with Gasteiger partial charge in [0.1, 0.15) is 5.82 Å². The second kappa shape index (κ2) is 7.94. The lowest BCUT2D eigenvalue weighted by Gasteiger charge is -2.27. The number of aromatic nitrogens is 1. The summed E-state index contributed by atoms with van der Waals surface area (Å²) in [5.41, 5.74) is 6.00. The maximum atomic E-state index is 13.7. The van der Waals surface area contributed by atoms with E-state index >= 15 is 0 Å². The molecule has 1 amide bonds. The average Bonchev–Trinajstić information content (AvgIpc) is 3.24. The predicted molar refractivity (Wildman–Crippen MR) is 127 cm³/mol. The van der Waals surface area contributed by atoms with Crippen molar-refractivity contribution < 1.29 is 9.18 Å². The first kappa shape index (κ1) is 20.5. The van der Waals surface area contributed by atoms with Crippen molar-refractivity contribution in [1.29, 1.82) is 0 Å². The molecule has 0 saturated carbocycles. The molecule has 5 rings (SSSR count). The molecule has 4 aromatic rings. The summed E-state index contributed by atoms with van der Waals surface area (Å²) < 4.78 is 15.9. The zero-order valence-electron chi connectivity index (χ0n) is 18.7. The van der Waals surface area contributed by atoms with Gasteiger partial charge < -0.3 is 9.47 Å². The number of para-hydroxylation sites is 1. The zero-order chi connectivity index (χ0) is 22.4. The van der Waals surface area contributed by atoms with E-state index in [0.29, 0.717) is 12.5 Å². The average molecular weight is 427 g/mol. The van der Waals surface area contributed by atoms with Crippen molar-refractivity contribution in [1.82, 2.24) is 9.47 Å². The highest BCUT2D eigenvalue weighted by Crippen LogP contribution is 2.46. The summed E-state index contributed by atoms with van der Waals surface area (Å²) in [6.07, 6.45) is 0.937. The number of carbonyl (C=O) groups excluding carboxylic acids is 1. The Balaban J connectivity index is 1.79. The number of fused-ring (bicyclic) bond motifs is 2. The molecule has 2 heterocycles. The van der Waals surface area contributed by atoms with E-state index in [1.54, 1.807) is 0 Å². The van der Waals surface area contributed by atoms with Gasteiger partial charge in [0.15, 0.2) is 0 Å². The van der Waals surface area contributed by atoms with Gasteiger partial charge in [0.05, 0.1) is 11.7 Å². The maximum Gasteiger partial charge on any atom is 0.255 e. The fraction of sp³-hybridized carbons (Fsp3) is 0.250. The van der Waals surface area contributed by atoms with Crippen LogP contribution in [0, 0.1) is 11.7 Å². The summed E-state index contributed by atoms with van der Waals surface area (Å²) in [6.45, 7) is 5.07. The largest absolute Gasteiger partial charge is 0.343 e. The zero-order valence-corrected chi connectivity index (χ0v) is 18.7. The van der Waals surface area contributed by atoms with Crippen LogP contribution in [0.15, 0.2) is 72.8 Å². The molecule has 32 heavy (non-hydrogen) atoms. The second-order valence-electron chi connectivity index (χ2n) is 9.02. The molecule has 0 spiro atoms. The lowest BCUT2D eigenvalue weighted by molar-refractivity contribution is 0.0742. The Morgan fingerprint density at radius 3 is 2.38 bits per heavy atom. The second-order valence-corrected chi connectivity index (χ2v) is 9.02. The third-order valence-electron chi connectivity index (χ3n) is 6.54. The third-order valence-corrected chi connectivity index (χ3v) is 6.54. The van der Waals surface area contributed by atoms with Gasteiger partial charge in [-0.15, -0.1) is 0 Å². The van der Waals surface area contributed by atoms with Gasteiger partial charge in [0.25, 0.3) is 5.91 Å². The van der Waals surface area contributed by atoms with Crippen molar-refractivity contribution in [3.8, 4) is 11.3 Å². The van der Waals surface area contributed by atoms with Gasteiger partial charge in [-0.25, -0.2) is 4.39 Å². The standard InChI is InChI=1S/C28H27FN2O/c1-18(2)16-17-31-27(21-8-4-5-9-22(21)28(31)32)25-23-10-6-7-11-24(23)30(3)26(25)19-12-14-20(29)15-13-19/h4-15,18,27H,16-17H2,1-3H3. The van der Waals surface area contributed by atoms with Crippen LogP contribution in [0.2, 0.25) is 0 Å². The van der Waals surface area contributed by atoms with Crippen LogP contribution in [-0.4, -0.2) is 21.9 Å². The number of nitrogens with zero attached hydrogens (tertiary/aromatic N) is 2. The summed E-state index contributed by atoms with van der Waals surface area (Å²) in [4.78, 5) is 15.5. The molecule has 0 bridgehead atoms. The maximum absolute atomic E-state index is 13.7. The summed E-state index contributed by atoms with van der Waals surface area (Å²) in [6, 6.07) is 22.7. The Morgan fingerprint density at radius 1 is 0.938 bits per heavy atom. The number of benzene rings is 3. The van der Waals surface area contributed by atoms with E-state index < -0.39 is 0 Å². The molecule has 162 valence electrons. The summed E-state index contributed by atoms with van der Waals surface area (Å²) in [5.74, 6) is 0.328. The number of halogens is 1. The minimum Gasteiger partial charge on any atom is -0.343 e. The molecule has 0 N–H and O–H groups in total. The van der Waals surface area contributed by atoms with Crippen LogP contribution in [0.3, 0.4) is 0 Å². The van der Waals surface area contributed by atoms with Gasteiger partial charge >= 0.3 is 0 Å². The first-order valence-electron chi connectivity index (χ1n) is 11.2. The van der Waals surface area contributed by atoms with E-state index in [4.69, 9.17) is 0 Å². The Labute approximate surface area is 188 Å². The number of carbonyl (C=O) groups is 1. The van der Waals surface area contributed by atoms with Crippen LogP contribution in [0.25, 0.3) is 22.2 Å². The van der Waals surface area contributed by atoms with Crippen molar-refractivity contribution in [3.05, 3.63) is 95.3 Å². The summed E-state index contributed by atoms with van der Waals surface area (Å²) >= 11 is 0. The fourth-order valence-electron chi connectivity index (χ4n) is 4.97. The Kier molecular flexibility index (Phi) is 5.09. The lowest BCUT2D eigenvalue weighted by atomic mass is 9.93. The molecule has 0 aliphatic carbocycles. The molecule has 1 atom stereocenters. The number of hydrogen-bond acceptors (Lipinski definition) is 1. The molecule has 1 aliphatic rings. The van der Waals surface area contributed by atoms with E-state index in [9.17, 15) is 9.18 Å². The molecule has 1 aromatic heterocycles. The van der Waals surface area contributed by atoms with Crippen LogP contribution in [0.5, 0.6) is 0 Å². The van der Waals surface area contributed by atoms with E-state index in [-0.39, 0.29) is 17.8 Å². The van der Waals surface area contributed by atoms with Crippen LogP contribution in [0.1, 0.15) is 47.8 Å². The molecular weight excluding hydrogens is 399 g/mol. The minimum absolute atomic E-state index is 0.0873. The number of rotatable bonds is 5. The molecule has 0 radical (unpaired) electrons. The van der Waals surface area contributed by atoms with Gasteiger partial charge in [0, 0.05) is 35.6 Å². The number of aryl methyl sites for hydroxylation is 1. The van der Waals surface area contributed by atoms with Crippen molar-refractivity contribution >= 4 is 16.8 Å². The van der Waals surface area contributed by atoms with E-state index in [0.717, 1.165) is 45.3 Å². The topological polar surface area (TPSA) is 25.2 Å². The van der Waals surface area contributed by atoms with E-state index in [1.807, 2.05) is 54.4 Å². The van der Waals surface area contributed by atoms with E-state index in [1.165, 1.54) is 12.1 Å². The van der Waals surface area contributed by atoms with Gasteiger partial charge in [-0.3, -0.25) is 4.79 Å². The summed E-state index contributed by atoms with van der Waals surface area (Å²) in [7, 11) is 2.05. The monoisotopic (exact) mass is 426 g/mol. The highest BCUT2D eigenvalue weighted by atomic mass is 19.1. The molecule has 3 aromatic carbocycles. The molecule has 0 saturated heterocycles. The van der Waals surface area contributed by atoms with Crippen LogP contribution in [0.4, 0.5) is 4.39 Å². The third kappa shape index (κ3) is 3.22. The van der Waals surface area contributed by atoms with Gasteiger partial charge in [-0.1, -0.05) is 50.2 Å². The van der Waals surface area contributed by atoms with Crippen LogP contribution < -0.4 is 0 Å². The molecule has 3 nitrogen and oxygen atoms in total. The lowest BCUT2D eigenvalue weighted by Crippen LogP contribution is -2.30. The van der Waals surface area contributed by atoms with E-state index in [2.05, 4.69) is 36.6 Å². The Morgan fingerprint density at radius 2 is 1.62 bits per heavy atom. The van der Waals surface area contributed by atoms with Crippen molar-refractivity contribution in [2.45, 2.75) is 26.3 Å². The van der Waals surface area contributed by atoms with Crippen LogP contribution in [-0.2, 0) is 7.05 Å². The molecule has 1 aliphatic heterocycles. The predicted octanol–water partition coefficient (Wildman–Crippen LogP) is 6.58. The highest BCUT2D eigenvalue weighted by Gasteiger charge is 2.40. The van der Waals surface area contributed by atoms with Crippen molar-refractivity contribution in [2.75, 3.05) is 6.54 Å². The first-order valence-corrected chi connectivity index (χ1v) is 11.2. The summed E-state index contributed by atoms with van der Waals surface area (Å²) in [5, 5.41) is 1.12. The van der Waals surface area contributed by atoms with Crippen molar-refractivity contribution in [3.63, 3.8) is 0 Å². The fourth-order valence-corrected chi connectivity index (χ4v) is 4.97. The Bertz CT molecular complexity index is 1300. The smallest absolute Gasteiger partial charge is 0.255 e. The number of amides is 1. The molecule has 0 fully saturated rings. The van der Waals surface area contributed by atoms with Gasteiger partial charge in [-0.2, -0.15) is 0 Å². The van der Waals surface area contributed by atoms with Crippen molar-refractivity contribution in [2.24, 2.45) is 13.0 Å². The van der Waals surface area contributed by atoms with Gasteiger partial charge in [-0.05, 0) is 59.9 Å². The number of hydrogen-bond donors (Lipinski definition) is 0. The Hall–Kier alpha value is -3.40. The first-order chi connectivity index (χ1) is 15.5. The highest BCUT2D eigenvalue weighted by molar-refractivity contribution is 6.02. The SMILES string of the molecule is CC(C)CCN1C(=O)c2ccccc2C1c1c(-c2ccc(F)cc2)n(C)c2ccccc12. The van der Waals surface area contributed by atoms with Gasteiger partial charge in [0.2, 0.25) is 0 Å². The quantitative estimate of drug-likeness (QED) is 0.354. The normalized spacial score (nSPS) is 15.7. The molecular formula is C28H27FN2O.